The highest BCUT2D eigenvalue weighted by molar-refractivity contribution is 5.82. The molecule has 106 valence electrons. The number of phenolic OH excluding ortho intramolecular Hbond substituents is 1. The first-order valence-electron chi connectivity index (χ1n) is 6.70. The molecule has 0 saturated heterocycles. The van der Waals surface area contributed by atoms with Crippen molar-refractivity contribution in [1.29, 1.82) is 0 Å². The third-order valence-electron chi connectivity index (χ3n) is 3.86. The van der Waals surface area contributed by atoms with Crippen molar-refractivity contribution in [3.05, 3.63) is 29.8 Å². The van der Waals surface area contributed by atoms with Crippen molar-refractivity contribution in [3.8, 4) is 5.75 Å². The molecule has 1 rings (SSSR count). The number of amides is 1. The maximum atomic E-state index is 12.3. The fourth-order valence-electron chi connectivity index (χ4n) is 1.97. The van der Waals surface area contributed by atoms with Gasteiger partial charge in [0.15, 0.2) is 0 Å². The Morgan fingerprint density at radius 1 is 1.37 bits per heavy atom. The molecule has 0 bridgehead atoms. The number of phenols is 1. The van der Waals surface area contributed by atoms with Gasteiger partial charge in [0.2, 0.25) is 5.91 Å². The van der Waals surface area contributed by atoms with Gasteiger partial charge in [0.05, 0.1) is 12.1 Å². The first-order valence-corrected chi connectivity index (χ1v) is 6.70. The highest BCUT2D eigenvalue weighted by Crippen LogP contribution is 2.27. The van der Waals surface area contributed by atoms with Crippen LogP contribution in [0.3, 0.4) is 0 Å². The van der Waals surface area contributed by atoms with Crippen molar-refractivity contribution in [1.82, 2.24) is 4.90 Å². The molecule has 4 nitrogen and oxygen atoms in total. The van der Waals surface area contributed by atoms with Gasteiger partial charge in [-0.3, -0.25) is 4.79 Å². The van der Waals surface area contributed by atoms with Gasteiger partial charge in [-0.15, -0.1) is 0 Å². The fraction of sp³-hybridized carbons (Fsp3) is 0.533. The molecule has 19 heavy (non-hydrogen) atoms. The summed E-state index contributed by atoms with van der Waals surface area (Å²) in [5, 5.41) is 9.84. The number of carbonyl (C=O) groups excluding carboxylic acids is 1. The Bertz CT molecular complexity index is 434. The highest BCUT2D eigenvalue weighted by Gasteiger charge is 2.27. The number of aromatic hydroxyl groups is 1. The van der Waals surface area contributed by atoms with Gasteiger partial charge < -0.3 is 15.7 Å². The first kappa shape index (κ1) is 15.5. The van der Waals surface area contributed by atoms with Crippen molar-refractivity contribution in [2.24, 2.45) is 11.7 Å². The topological polar surface area (TPSA) is 66.6 Å². The summed E-state index contributed by atoms with van der Waals surface area (Å²) in [6.07, 6.45) is 0.867. The van der Waals surface area contributed by atoms with Gasteiger partial charge in [-0.2, -0.15) is 0 Å². The second-order valence-electron chi connectivity index (χ2n) is 5.10. The Morgan fingerprint density at radius 3 is 2.47 bits per heavy atom. The molecular formula is C15H24N2O2. The minimum absolute atomic E-state index is 0.0925. The van der Waals surface area contributed by atoms with E-state index in [1.807, 2.05) is 32.9 Å². The number of para-hydroxylation sites is 1. The normalized spacial score (nSPS) is 15.6. The van der Waals surface area contributed by atoms with Gasteiger partial charge in [-0.05, 0) is 18.9 Å². The van der Waals surface area contributed by atoms with Crippen LogP contribution < -0.4 is 5.73 Å². The van der Waals surface area contributed by atoms with E-state index in [2.05, 4.69) is 0 Å². The summed E-state index contributed by atoms with van der Waals surface area (Å²) in [7, 11) is 1.72. The standard InChI is InChI=1S/C15H24N2O2/c1-5-10(2)14(16)15(19)17(4)11(3)12-8-6-7-9-13(12)18/h6-11,14,18H,5,16H2,1-4H3. The Morgan fingerprint density at radius 2 is 1.95 bits per heavy atom. The maximum absolute atomic E-state index is 12.3. The van der Waals surface area contributed by atoms with Crippen molar-refractivity contribution >= 4 is 5.91 Å². The number of benzene rings is 1. The number of carbonyl (C=O) groups is 1. The molecule has 3 N–H and O–H groups in total. The second-order valence-corrected chi connectivity index (χ2v) is 5.10. The van der Waals surface area contributed by atoms with Gasteiger partial charge in [0.1, 0.15) is 5.75 Å². The number of hydrogen-bond donors (Lipinski definition) is 2. The maximum Gasteiger partial charge on any atom is 0.240 e. The predicted octanol–water partition coefficient (Wildman–Crippen LogP) is 2.29. The summed E-state index contributed by atoms with van der Waals surface area (Å²) in [4.78, 5) is 13.9. The molecule has 0 aliphatic carbocycles. The summed E-state index contributed by atoms with van der Waals surface area (Å²) < 4.78 is 0. The molecular weight excluding hydrogens is 240 g/mol. The SMILES string of the molecule is CCC(C)C(N)C(=O)N(C)C(C)c1ccccc1O. The summed E-state index contributed by atoms with van der Waals surface area (Å²) in [6.45, 7) is 5.88. The van der Waals surface area contributed by atoms with E-state index in [-0.39, 0.29) is 23.6 Å². The minimum Gasteiger partial charge on any atom is -0.508 e. The molecule has 0 fully saturated rings. The largest absolute Gasteiger partial charge is 0.508 e. The van der Waals surface area contributed by atoms with Crippen LogP contribution in [0.15, 0.2) is 24.3 Å². The Balaban J connectivity index is 2.85. The first-order chi connectivity index (χ1) is 8.90. The molecule has 0 aliphatic heterocycles. The highest BCUT2D eigenvalue weighted by atomic mass is 16.3. The number of likely N-dealkylation sites (N-methyl/N-ethyl adjacent to an activating group) is 1. The van der Waals surface area contributed by atoms with Gasteiger partial charge in [0, 0.05) is 12.6 Å². The van der Waals surface area contributed by atoms with Crippen LogP contribution >= 0.6 is 0 Å². The van der Waals surface area contributed by atoms with Crippen molar-refractivity contribution in [2.75, 3.05) is 7.05 Å². The van der Waals surface area contributed by atoms with E-state index in [0.717, 1.165) is 12.0 Å². The van der Waals surface area contributed by atoms with Crippen LogP contribution in [0.1, 0.15) is 38.8 Å². The lowest BCUT2D eigenvalue weighted by Gasteiger charge is -2.30. The minimum atomic E-state index is -0.497. The van der Waals surface area contributed by atoms with Gasteiger partial charge >= 0.3 is 0 Å². The zero-order valence-corrected chi connectivity index (χ0v) is 12.1. The van der Waals surface area contributed by atoms with E-state index in [9.17, 15) is 9.90 Å². The third-order valence-corrected chi connectivity index (χ3v) is 3.86. The molecule has 0 aliphatic rings. The van der Waals surface area contributed by atoms with Crippen molar-refractivity contribution in [3.63, 3.8) is 0 Å². The molecule has 3 unspecified atom stereocenters. The average molecular weight is 264 g/mol. The lowest BCUT2D eigenvalue weighted by atomic mass is 9.97. The Labute approximate surface area is 115 Å². The van der Waals surface area contributed by atoms with Crippen LogP contribution in [0.2, 0.25) is 0 Å². The van der Waals surface area contributed by atoms with Gasteiger partial charge in [-0.25, -0.2) is 0 Å². The summed E-state index contributed by atoms with van der Waals surface area (Å²) in [5.74, 6) is 0.253. The molecule has 3 atom stereocenters. The molecule has 0 saturated carbocycles. The molecule has 0 heterocycles. The Kier molecular flexibility index (Phi) is 5.36. The molecule has 1 amide bonds. The Hall–Kier alpha value is -1.55. The fourth-order valence-corrected chi connectivity index (χ4v) is 1.97. The number of rotatable bonds is 5. The predicted molar refractivity (Wildman–Crippen MR) is 76.7 cm³/mol. The zero-order valence-electron chi connectivity index (χ0n) is 12.1. The zero-order chi connectivity index (χ0) is 14.6. The van der Waals surface area contributed by atoms with E-state index >= 15 is 0 Å². The van der Waals surface area contributed by atoms with Crippen LogP contribution in [0.4, 0.5) is 0 Å². The van der Waals surface area contributed by atoms with Crippen LogP contribution in [-0.4, -0.2) is 29.0 Å². The van der Waals surface area contributed by atoms with E-state index in [4.69, 9.17) is 5.73 Å². The van der Waals surface area contributed by atoms with E-state index in [1.54, 1.807) is 24.1 Å². The molecule has 0 aromatic heterocycles. The van der Waals surface area contributed by atoms with E-state index in [1.165, 1.54) is 0 Å². The van der Waals surface area contributed by atoms with Crippen molar-refractivity contribution < 1.29 is 9.90 Å². The monoisotopic (exact) mass is 264 g/mol. The second kappa shape index (κ2) is 6.57. The molecule has 1 aromatic carbocycles. The third kappa shape index (κ3) is 3.47. The van der Waals surface area contributed by atoms with E-state index < -0.39 is 6.04 Å². The van der Waals surface area contributed by atoms with Crippen LogP contribution in [-0.2, 0) is 4.79 Å². The lowest BCUT2D eigenvalue weighted by molar-refractivity contribution is -0.134. The summed E-state index contributed by atoms with van der Waals surface area (Å²) in [5.41, 5.74) is 6.70. The smallest absolute Gasteiger partial charge is 0.240 e. The van der Waals surface area contributed by atoms with Crippen molar-refractivity contribution in [2.45, 2.75) is 39.3 Å². The van der Waals surface area contributed by atoms with Gasteiger partial charge in [-0.1, -0.05) is 38.5 Å². The molecule has 4 heteroatoms. The number of nitrogens with two attached hydrogens (primary N) is 1. The van der Waals surface area contributed by atoms with Crippen LogP contribution in [0, 0.1) is 5.92 Å². The number of nitrogens with zero attached hydrogens (tertiary/aromatic N) is 1. The van der Waals surface area contributed by atoms with Gasteiger partial charge in [0.25, 0.3) is 0 Å². The lowest BCUT2D eigenvalue weighted by Crippen LogP contribution is -2.46. The molecule has 1 aromatic rings. The average Bonchev–Trinajstić information content (AvgIpc) is 2.43. The quantitative estimate of drug-likeness (QED) is 0.857. The summed E-state index contributed by atoms with van der Waals surface area (Å²) >= 11 is 0. The van der Waals surface area contributed by atoms with Crippen LogP contribution in [0.25, 0.3) is 0 Å². The summed E-state index contributed by atoms with van der Waals surface area (Å²) in [6, 6.07) is 6.35. The number of hydrogen-bond acceptors (Lipinski definition) is 3. The molecule has 0 spiro atoms. The molecule has 0 radical (unpaired) electrons. The van der Waals surface area contributed by atoms with E-state index in [0.29, 0.717) is 0 Å². The van der Waals surface area contributed by atoms with Crippen LogP contribution in [0.5, 0.6) is 5.75 Å².